The van der Waals surface area contributed by atoms with Crippen molar-refractivity contribution < 1.29 is 34.0 Å². The molecular weight excluding hydrogens is 588 g/mol. The second kappa shape index (κ2) is 10.6. The number of aromatic nitrogens is 1. The fourth-order valence-corrected chi connectivity index (χ4v) is 5.89. The third-order valence-corrected chi connectivity index (χ3v) is 7.88. The zero-order valence-corrected chi connectivity index (χ0v) is 23.5. The van der Waals surface area contributed by atoms with Gasteiger partial charge in [-0.1, -0.05) is 11.3 Å². The standard InChI is InChI=1S/C28H23BrN2O7S/c1-4-38-16-7-5-14(6-8-16)24(32)22-23(15-11-18(29)25(33)20(12-15)37-3)31(27(35)26(22)34)28-30-19-10-9-17(36-2)13-21(19)39-28/h5-13,23,32-33H,4H2,1-3H3. The summed E-state index contributed by atoms with van der Waals surface area (Å²) in [5, 5.41) is 22.1. The van der Waals surface area contributed by atoms with Crippen LogP contribution < -0.4 is 19.1 Å². The van der Waals surface area contributed by atoms with Crippen LogP contribution in [0.3, 0.4) is 0 Å². The summed E-state index contributed by atoms with van der Waals surface area (Å²) in [7, 11) is 2.95. The summed E-state index contributed by atoms with van der Waals surface area (Å²) < 4.78 is 17.2. The number of benzene rings is 3. The summed E-state index contributed by atoms with van der Waals surface area (Å²) in [5.74, 6) is -0.859. The fraction of sp³-hybridized carbons (Fsp3) is 0.179. The third kappa shape index (κ3) is 4.68. The van der Waals surface area contributed by atoms with Crippen LogP contribution in [0.25, 0.3) is 16.0 Å². The van der Waals surface area contributed by atoms with Gasteiger partial charge in [0.05, 0.1) is 47.1 Å². The molecule has 0 bridgehead atoms. The molecular formula is C28H23BrN2O7S. The summed E-state index contributed by atoms with van der Waals surface area (Å²) in [4.78, 5) is 32.9. The van der Waals surface area contributed by atoms with Crippen LogP contribution in [0.1, 0.15) is 24.1 Å². The topological polar surface area (TPSA) is 118 Å². The van der Waals surface area contributed by atoms with Crippen molar-refractivity contribution in [3.63, 3.8) is 0 Å². The number of ketones is 1. The van der Waals surface area contributed by atoms with Crippen molar-refractivity contribution in [2.24, 2.45) is 0 Å². The molecule has 3 aromatic carbocycles. The van der Waals surface area contributed by atoms with Crippen LogP contribution >= 0.6 is 27.3 Å². The Balaban J connectivity index is 1.72. The van der Waals surface area contributed by atoms with Gasteiger partial charge in [-0.3, -0.25) is 14.5 Å². The van der Waals surface area contributed by atoms with Gasteiger partial charge in [-0.15, -0.1) is 0 Å². The normalized spacial score (nSPS) is 16.6. The molecule has 2 heterocycles. The Morgan fingerprint density at radius 3 is 2.44 bits per heavy atom. The number of hydrogen-bond acceptors (Lipinski definition) is 9. The summed E-state index contributed by atoms with van der Waals surface area (Å²) in [6.45, 7) is 2.33. The number of fused-ring (bicyclic) bond motifs is 1. The highest BCUT2D eigenvalue weighted by Gasteiger charge is 2.48. The van der Waals surface area contributed by atoms with Crippen molar-refractivity contribution >= 4 is 60.1 Å². The van der Waals surface area contributed by atoms with E-state index in [4.69, 9.17) is 14.2 Å². The highest BCUT2D eigenvalue weighted by atomic mass is 79.9. The predicted molar refractivity (Wildman–Crippen MR) is 151 cm³/mol. The van der Waals surface area contributed by atoms with Gasteiger partial charge in [0.15, 0.2) is 16.6 Å². The van der Waals surface area contributed by atoms with Crippen molar-refractivity contribution in [1.82, 2.24) is 4.98 Å². The number of amides is 1. The maximum absolute atomic E-state index is 13.5. The number of methoxy groups -OCH3 is 2. The Hall–Kier alpha value is -4.09. The number of ether oxygens (including phenoxy) is 3. The number of carbonyl (C=O) groups excluding carboxylic acids is 2. The molecule has 1 aromatic heterocycles. The SMILES string of the molecule is CCOc1ccc(C(O)=C2C(=O)C(=O)N(c3nc4ccc(OC)cc4s3)C2c2cc(Br)c(O)c(OC)c2)cc1. The first-order chi connectivity index (χ1) is 18.8. The molecule has 5 rings (SSSR count). The minimum absolute atomic E-state index is 0.124. The predicted octanol–water partition coefficient (Wildman–Crippen LogP) is 5.81. The summed E-state index contributed by atoms with van der Waals surface area (Å²) in [5.41, 5.74) is 1.24. The van der Waals surface area contributed by atoms with Crippen molar-refractivity contribution in [3.05, 3.63) is 75.8 Å². The average Bonchev–Trinajstić information content (AvgIpc) is 3.47. The molecule has 0 aliphatic carbocycles. The van der Waals surface area contributed by atoms with Crippen molar-refractivity contribution in [3.8, 4) is 23.0 Å². The largest absolute Gasteiger partial charge is 0.507 e. The Labute approximate surface area is 236 Å². The van der Waals surface area contributed by atoms with Gasteiger partial charge in [0, 0.05) is 5.56 Å². The minimum Gasteiger partial charge on any atom is -0.507 e. The van der Waals surface area contributed by atoms with Gasteiger partial charge in [0.1, 0.15) is 17.3 Å². The molecule has 9 nitrogen and oxygen atoms in total. The van der Waals surface area contributed by atoms with Crippen LogP contribution in [0.5, 0.6) is 23.0 Å². The summed E-state index contributed by atoms with van der Waals surface area (Å²) in [6.07, 6.45) is 0. The Morgan fingerprint density at radius 1 is 1.05 bits per heavy atom. The van der Waals surface area contributed by atoms with E-state index >= 15 is 0 Å². The van der Waals surface area contributed by atoms with Gasteiger partial charge < -0.3 is 24.4 Å². The molecule has 1 saturated heterocycles. The van der Waals surface area contributed by atoms with E-state index in [9.17, 15) is 19.8 Å². The number of phenolic OH excluding ortho intramolecular Hbond substituents is 1. The van der Waals surface area contributed by atoms with Crippen molar-refractivity contribution in [2.75, 3.05) is 25.7 Å². The van der Waals surface area contributed by atoms with E-state index in [0.29, 0.717) is 34.7 Å². The highest BCUT2D eigenvalue weighted by Crippen LogP contribution is 2.47. The van der Waals surface area contributed by atoms with E-state index in [1.54, 1.807) is 55.6 Å². The molecule has 39 heavy (non-hydrogen) atoms. The van der Waals surface area contributed by atoms with Gasteiger partial charge in [-0.2, -0.15) is 0 Å². The van der Waals surface area contributed by atoms with E-state index < -0.39 is 17.7 Å². The van der Waals surface area contributed by atoms with Gasteiger partial charge in [-0.05, 0) is 83.0 Å². The molecule has 2 N–H and O–H groups in total. The number of halogens is 1. The number of aliphatic hydroxyl groups excluding tert-OH is 1. The second-order valence-corrected chi connectivity index (χ2v) is 10.4. The van der Waals surface area contributed by atoms with Crippen LogP contribution in [0.2, 0.25) is 0 Å². The molecule has 1 fully saturated rings. The Kier molecular flexibility index (Phi) is 7.19. The molecule has 1 aliphatic heterocycles. The number of anilines is 1. The maximum Gasteiger partial charge on any atom is 0.301 e. The molecule has 1 unspecified atom stereocenters. The van der Waals surface area contributed by atoms with E-state index in [1.807, 2.05) is 6.92 Å². The van der Waals surface area contributed by atoms with E-state index in [2.05, 4.69) is 20.9 Å². The van der Waals surface area contributed by atoms with Gasteiger partial charge in [0.2, 0.25) is 0 Å². The fourth-order valence-electron chi connectivity index (χ4n) is 4.41. The molecule has 200 valence electrons. The highest BCUT2D eigenvalue weighted by molar-refractivity contribution is 9.10. The molecule has 0 radical (unpaired) electrons. The Bertz CT molecular complexity index is 1630. The van der Waals surface area contributed by atoms with Gasteiger partial charge in [-0.25, -0.2) is 4.98 Å². The van der Waals surface area contributed by atoms with E-state index in [-0.39, 0.29) is 32.4 Å². The van der Waals surface area contributed by atoms with Crippen LogP contribution in [0, 0.1) is 0 Å². The van der Waals surface area contributed by atoms with Crippen molar-refractivity contribution in [1.29, 1.82) is 0 Å². The lowest BCUT2D eigenvalue weighted by Gasteiger charge is -2.24. The minimum atomic E-state index is -1.06. The first-order valence-corrected chi connectivity index (χ1v) is 13.4. The number of nitrogens with zero attached hydrogens (tertiary/aromatic N) is 2. The summed E-state index contributed by atoms with van der Waals surface area (Å²) >= 11 is 4.53. The lowest BCUT2D eigenvalue weighted by atomic mass is 9.95. The zero-order valence-electron chi connectivity index (χ0n) is 21.1. The quantitative estimate of drug-likeness (QED) is 0.153. The van der Waals surface area contributed by atoms with Crippen LogP contribution in [0.4, 0.5) is 5.13 Å². The number of phenols is 1. The lowest BCUT2D eigenvalue weighted by Crippen LogP contribution is -2.29. The molecule has 0 saturated carbocycles. The smallest absolute Gasteiger partial charge is 0.301 e. The number of aromatic hydroxyl groups is 1. The molecule has 11 heteroatoms. The molecule has 1 aliphatic rings. The van der Waals surface area contributed by atoms with E-state index in [0.717, 1.165) is 4.70 Å². The first kappa shape index (κ1) is 26.5. The monoisotopic (exact) mass is 610 g/mol. The lowest BCUT2D eigenvalue weighted by molar-refractivity contribution is -0.132. The maximum atomic E-state index is 13.5. The molecule has 0 spiro atoms. The van der Waals surface area contributed by atoms with E-state index in [1.165, 1.54) is 29.4 Å². The summed E-state index contributed by atoms with van der Waals surface area (Å²) in [6, 6.07) is 13.9. The van der Waals surface area contributed by atoms with Crippen molar-refractivity contribution in [2.45, 2.75) is 13.0 Å². The van der Waals surface area contributed by atoms with Crippen LogP contribution in [-0.2, 0) is 9.59 Å². The number of Topliss-reactive ketones (excluding diaryl/α,β-unsaturated/α-hetero) is 1. The van der Waals surface area contributed by atoms with Gasteiger partial charge >= 0.3 is 5.91 Å². The molecule has 1 atom stereocenters. The Morgan fingerprint density at radius 2 is 1.77 bits per heavy atom. The zero-order chi connectivity index (χ0) is 27.8. The average molecular weight is 611 g/mol. The first-order valence-electron chi connectivity index (χ1n) is 11.8. The molecule has 1 amide bonds. The third-order valence-electron chi connectivity index (χ3n) is 6.26. The van der Waals surface area contributed by atoms with Crippen LogP contribution in [-0.4, -0.2) is 47.7 Å². The van der Waals surface area contributed by atoms with Gasteiger partial charge in [0.25, 0.3) is 5.78 Å². The number of rotatable bonds is 7. The number of aliphatic hydroxyl groups is 1. The number of hydrogen-bond donors (Lipinski definition) is 2. The second-order valence-electron chi connectivity index (χ2n) is 8.51. The number of carbonyl (C=O) groups is 2. The number of thiazole rings is 1. The van der Waals surface area contributed by atoms with Crippen LogP contribution in [0.15, 0.2) is 64.6 Å². The molecule has 4 aromatic rings.